The number of para-hydroxylation sites is 1. The SMILES string of the molecule is O=C(O)NC1=NN(c2ccccc2)C(=O)C1. The molecule has 2 rings (SSSR count). The summed E-state index contributed by atoms with van der Waals surface area (Å²) in [6.07, 6.45) is -1.25. The minimum atomic E-state index is -1.22. The zero-order chi connectivity index (χ0) is 11.5. The van der Waals surface area contributed by atoms with E-state index in [9.17, 15) is 9.59 Å². The molecule has 1 aromatic carbocycles. The van der Waals surface area contributed by atoms with Crippen molar-refractivity contribution in [3.8, 4) is 0 Å². The maximum absolute atomic E-state index is 11.5. The van der Waals surface area contributed by atoms with Gasteiger partial charge in [0, 0.05) is 0 Å². The smallest absolute Gasteiger partial charge is 0.410 e. The number of benzene rings is 1. The summed E-state index contributed by atoms with van der Waals surface area (Å²) in [7, 11) is 0. The van der Waals surface area contributed by atoms with Crippen LogP contribution in [0, 0.1) is 0 Å². The standard InChI is InChI=1S/C10H9N3O3/c14-9-6-8(11-10(15)16)12-13(9)7-4-2-1-3-5-7/h1-5H,6H2,(H,11,12)(H,15,16). The van der Waals surface area contributed by atoms with E-state index in [2.05, 4.69) is 10.4 Å². The van der Waals surface area contributed by atoms with Gasteiger partial charge in [0.25, 0.3) is 5.91 Å². The normalized spacial score (nSPS) is 14.9. The second-order valence-corrected chi connectivity index (χ2v) is 3.19. The van der Waals surface area contributed by atoms with E-state index >= 15 is 0 Å². The maximum atomic E-state index is 11.5. The Morgan fingerprint density at radius 2 is 2.06 bits per heavy atom. The van der Waals surface area contributed by atoms with Crippen molar-refractivity contribution in [2.45, 2.75) is 6.42 Å². The minimum Gasteiger partial charge on any atom is -0.465 e. The first-order chi connectivity index (χ1) is 7.66. The lowest BCUT2D eigenvalue weighted by Crippen LogP contribution is -2.27. The summed E-state index contributed by atoms with van der Waals surface area (Å²) in [5, 5.41) is 15.6. The lowest BCUT2D eigenvalue weighted by Gasteiger charge is -2.10. The summed E-state index contributed by atoms with van der Waals surface area (Å²) in [4.78, 5) is 21.9. The molecular weight excluding hydrogens is 210 g/mol. The van der Waals surface area contributed by atoms with Crippen LogP contribution in [0.25, 0.3) is 0 Å². The summed E-state index contributed by atoms with van der Waals surface area (Å²) < 4.78 is 0. The van der Waals surface area contributed by atoms with E-state index in [0.29, 0.717) is 5.69 Å². The number of carbonyl (C=O) groups is 2. The van der Waals surface area contributed by atoms with E-state index in [1.807, 2.05) is 6.07 Å². The van der Waals surface area contributed by atoms with Crippen LogP contribution in [0.15, 0.2) is 35.4 Å². The fourth-order valence-electron chi connectivity index (χ4n) is 1.39. The van der Waals surface area contributed by atoms with Gasteiger partial charge in [-0.1, -0.05) is 18.2 Å². The largest absolute Gasteiger partial charge is 0.465 e. The van der Waals surface area contributed by atoms with Crippen molar-refractivity contribution in [2.24, 2.45) is 5.10 Å². The molecule has 16 heavy (non-hydrogen) atoms. The fraction of sp³-hybridized carbons (Fsp3) is 0.100. The highest BCUT2D eigenvalue weighted by Gasteiger charge is 2.25. The highest BCUT2D eigenvalue weighted by Crippen LogP contribution is 2.18. The lowest BCUT2D eigenvalue weighted by atomic mass is 10.3. The van der Waals surface area contributed by atoms with Crippen molar-refractivity contribution in [1.82, 2.24) is 5.32 Å². The van der Waals surface area contributed by atoms with Crippen LogP contribution in [0.1, 0.15) is 6.42 Å². The number of carboxylic acid groups (broad SMARTS) is 1. The third kappa shape index (κ3) is 2.00. The third-order valence-corrected chi connectivity index (χ3v) is 2.03. The lowest BCUT2D eigenvalue weighted by molar-refractivity contribution is -0.116. The zero-order valence-corrected chi connectivity index (χ0v) is 8.25. The molecule has 0 unspecified atom stereocenters. The molecular formula is C10H9N3O3. The van der Waals surface area contributed by atoms with Crippen LogP contribution in [0.4, 0.5) is 10.5 Å². The molecule has 1 aliphatic heterocycles. The summed E-state index contributed by atoms with van der Waals surface area (Å²) in [5.41, 5.74) is 0.620. The molecule has 1 aliphatic rings. The topological polar surface area (TPSA) is 82.0 Å². The van der Waals surface area contributed by atoms with Crippen LogP contribution in [0.5, 0.6) is 0 Å². The molecule has 2 amide bonds. The average molecular weight is 219 g/mol. The van der Waals surface area contributed by atoms with Gasteiger partial charge in [-0.15, -0.1) is 0 Å². The Labute approximate surface area is 91.2 Å². The van der Waals surface area contributed by atoms with Crippen molar-refractivity contribution < 1.29 is 14.7 Å². The van der Waals surface area contributed by atoms with Crippen LogP contribution >= 0.6 is 0 Å². The molecule has 1 aromatic rings. The van der Waals surface area contributed by atoms with Crippen molar-refractivity contribution in [3.05, 3.63) is 30.3 Å². The van der Waals surface area contributed by atoms with E-state index in [4.69, 9.17) is 5.11 Å². The van der Waals surface area contributed by atoms with Gasteiger partial charge in [0.05, 0.1) is 12.1 Å². The van der Waals surface area contributed by atoms with Gasteiger partial charge in [0.2, 0.25) is 0 Å². The molecule has 6 nitrogen and oxygen atoms in total. The summed E-state index contributed by atoms with van der Waals surface area (Å²) in [5.74, 6) is -0.115. The Hall–Kier alpha value is -2.37. The van der Waals surface area contributed by atoms with Crippen LogP contribution in [0.3, 0.4) is 0 Å². The number of nitrogens with one attached hydrogen (secondary N) is 1. The van der Waals surface area contributed by atoms with Crippen molar-refractivity contribution in [2.75, 3.05) is 5.01 Å². The number of nitrogens with zero attached hydrogens (tertiary/aromatic N) is 2. The van der Waals surface area contributed by atoms with Crippen molar-refractivity contribution in [1.29, 1.82) is 0 Å². The molecule has 0 saturated carbocycles. The number of hydrazone groups is 1. The quantitative estimate of drug-likeness (QED) is 0.739. The Morgan fingerprint density at radius 1 is 1.38 bits per heavy atom. The molecule has 0 aromatic heterocycles. The number of amides is 2. The summed E-state index contributed by atoms with van der Waals surface area (Å²) >= 11 is 0. The number of hydrogen-bond donors (Lipinski definition) is 2. The van der Waals surface area contributed by atoms with Gasteiger partial charge in [-0.25, -0.2) is 4.79 Å². The molecule has 0 fully saturated rings. The van der Waals surface area contributed by atoms with Gasteiger partial charge in [0.1, 0.15) is 5.84 Å². The van der Waals surface area contributed by atoms with Gasteiger partial charge in [0.15, 0.2) is 0 Å². The van der Waals surface area contributed by atoms with E-state index in [1.54, 1.807) is 24.3 Å². The molecule has 0 atom stereocenters. The fourth-order valence-corrected chi connectivity index (χ4v) is 1.39. The zero-order valence-electron chi connectivity index (χ0n) is 8.25. The van der Waals surface area contributed by atoms with Gasteiger partial charge in [-0.2, -0.15) is 10.1 Å². The Bertz CT molecular complexity index is 456. The molecule has 0 radical (unpaired) electrons. The van der Waals surface area contributed by atoms with E-state index in [1.165, 1.54) is 5.01 Å². The Kier molecular flexibility index (Phi) is 2.55. The molecule has 2 N–H and O–H groups in total. The number of amidine groups is 1. The average Bonchev–Trinajstić information content (AvgIpc) is 2.60. The first-order valence-electron chi connectivity index (χ1n) is 4.62. The maximum Gasteiger partial charge on any atom is 0.410 e. The van der Waals surface area contributed by atoms with Gasteiger partial charge in [-0.3, -0.25) is 10.1 Å². The Morgan fingerprint density at radius 3 is 2.69 bits per heavy atom. The second-order valence-electron chi connectivity index (χ2n) is 3.19. The number of carbonyl (C=O) groups excluding carboxylic acids is 1. The first kappa shape index (κ1) is 10.2. The number of anilines is 1. The molecule has 0 aliphatic carbocycles. The molecule has 0 bridgehead atoms. The van der Waals surface area contributed by atoms with Gasteiger partial charge in [-0.05, 0) is 12.1 Å². The predicted molar refractivity (Wildman–Crippen MR) is 57.1 cm³/mol. The van der Waals surface area contributed by atoms with Gasteiger partial charge < -0.3 is 5.11 Å². The predicted octanol–water partition coefficient (Wildman–Crippen LogP) is 1.00. The number of rotatable bonds is 1. The number of hydrogen-bond acceptors (Lipinski definition) is 3. The van der Waals surface area contributed by atoms with E-state index in [-0.39, 0.29) is 18.2 Å². The minimum absolute atomic E-state index is 0.0266. The summed E-state index contributed by atoms with van der Waals surface area (Å²) in [6.45, 7) is 0. The monoisotopic (exact) mass is 219 g/mol. The molecule has 1 heterocycles. The Balaban J connectivity index is 2.20. The van der Waals surface area contributed by atoms with E-state index in [0.717, 1.165) is 0 Å². The van der Waals surface area contributed by atoms with Crippen LogP contribution in [0.2, 0.25) is 0 Å². The van der Waals surface area contributed by atoms with Gasteiger partial charge >= 0.3 is 6.09 Å². The van der Waals surface area contributed by atoms with Crippen LogP contribution in [-0.2, 0) is 4.79 Å². The first-order valence-corrected chi connectivity index (χ1v) is 4.62. The highest BCUT2D eigenvalue weighted by atomic mass is 16.4. The molecule has 82 valence electrons. The van der Waals surface area contributed by atoms with Crippen LogP contribution < -0.4 is 10.3 Å². The van der Waals surface area contributed by atoms with Crippen LogP contribution in [-0.4, -0.2) is 22.9 Å². The second kappa shape index (κ2) is 4.01. The van der Waals surface area contributed by atoms with Crippen molar-refractivity contribution >= 4 is 23.5 Å². The van der Waals surface area contributed by atoms with Crippen molar-refractivity contribution in [3.63, 3.8) is 0 Å². The molecule has 0 saturated heterocycles. The molecule has 0 spiro atoms. The molecule has 6 heteroatoms. The highest BCUT2D eigenvalue weighted by molar-refractivity contribution is 6.14. The summed E-state index contributed by atoms with van der Waals surface area (Å²) in [6, 6.07) is 8.84. The van der Waals surface area contributed by atoms with E-state index < -0.39 is 6.09 Å². The third-order valence-electron chi connectivity index (χ3n) is 2.03.